The summed E-state index contributed by atoms with van der Waals surface area (Å²) in [6, 6.07) is 0. The third-order valence-corrected chi connectivity index (χ3v) is 6.64. The van der Waals surface area contributed by atoms with Gasteiger partial charge in [-0.2, -0.15) is 5.10 Å². The van der Waals surface area contributed by atoms with Gasteiger partial charge >= 0.3 is 5.84 Å². The van der Waals surface area contributed by atoms with Gasteiger partial charge in [-0.15, -0.1) is 4.67 Å². The molecule has 1 saturated carbocycles. The quantitative estimate of drug-likeness (QED) is 0.572. The van der Waals surface area contributed by atoms with Crippen LogP contribution in [0.1, 0.15) is 63.7 Å². The molecule has 5 heterocycles. The first-order valence-corrected chi connectivity index (χ1v) is 11.9. The Balaban J connectivity index is 1.55. The molecule has 0 bridgehead atoms. The van der Waals surface area contributed by atoms with Crippen LogP contribution in [-0.2, 0) is 5.54 Å². The van der Waals surface area contributed by atoms with Crippen molar-refractivity contribution >= 4 is 34.8 Å². The van der Waals surface area contributed by atoms with Crippen molar-refractivity contribution < 1.29 is 4.52 Å². The zero-order chi connectivity index (χ0) is 23.4. The fourth-order valence-electron chi connectivity index (χ4n) is 4.67. The maximum absolute atomic E-state index is 6.32. The summed E-state index contributed by atoms with van der Waals surface area (Å²) >= 11 is 0. The van der Waals surface area contributed by atoms with Crippen molar-refractivity contribution in [1.82, 2.24) is 34.9 Å². The van der Waals surface area contributed by atoms with Crippen LogP contribution in [0.15, 0.2) is 21.4 Å². The van der Waals surface area contributed by atoms with E-state index < -0.39 is 0 Å². The maximum Gasteiger partial charge on any atom is 0.439 e. The minimum Gasteiger partial charge on any atom is -0.383 e. The van der Waals surface area contributed by atoms with E-state index in [2.05, 4.69) is 51.8 Å². The third kappa shape index (κ3) is 3.47. The van der Waals surface area contributed by atoms with Crippen molar-refractivity contribution in [1.29, 1.82) is 0 Å². The Morgan fingerprint density at radius 1 is 1.12 bits per heavy atom. The molecule has 34 heavy (non-hydrogen) atoms. The van der Waals surface area contributed by atoms with Crippen LogP contribution in [0.25, 0.3) is 22.4 Å². The van der Waals surface area contributed by atoms with Crippen LogP contribution in [0.3, 0.4) is 0 Å². The van der Waals surface area contributed by atoms with Crippen LogP contribution in [-0.4, -0.2) is 55.9 Å². The lowest BCUT2D eigenvalue weighted by atomic mass is 9.91. The number of hydrogen-bond donors (Lipinski definition) is 2. The fourth-order valence-corrected chi connectivity index (χ4v) is 4.67. The van der Waals surface area contributed by atoms with E-state index in [1.54, 1.807) is 0 Å². The monoisotopic (exact) mass is 458 g/mol. The Kier molecular flexibility index (Phi) is 4.78. The number of fused-ring (bicyclic) bond motifs is 1. The molecule has 0 atom stereocenters. The van der Waals surface area contributed by atoms with Gasteiger partial charge in [-0.05, 0) is 64.5 Å². The lowest BCUT2D eigenvalue weighted by Gasteiger charge is -2.20. The number of amidine groups is 1. The Bertz CT molecular complexity index is 1410. The average molecular weight is 459 g/mol. The summed E-state index contributed by atoms with van der Waals surface area (Å²) in [5.41, 5.74) is 9.62. The number of piperidine rings is 1. The molecule has 1 saturated heterocycles. The number of aromatic nitrogens is 5. The van der Waals surface area contributed by atoms with E-state index in [0.717, 1.165) is 55.7 Å². The SMILES string of the molecule is CC(C)(C)n1nc(-c2noc(C3CC3)c2C2=[N+]=C=C(C3CCNCC3)C=N2)c2c(N)ncnc21. The second-order valence-electron chi connectivity index (χ2n) is 10.2. The molecule has 2 aliphatic heterocycles. The lowest BCUT2D eigenvalue weighted by molar-refractivity contribution is 0.365. The number of hydrogen-bond acceptors (Lipinski definition) is 8. The van der Waals surface area contributed by atoms with Crippen molar-refractivity contribution in [3.8, 4) is 11.4 Å². The molecule has 6 rings (SSSR count). The van der Waals surface area contributed by atoms with E-state index in [1.807, 2.05) is 10.9 Å². The van der Waals surface area contributed by atoms with E-state index >= 15 is 0 Å². The standard InChI is InChI=1S/C24H28N9O/c1-24(2,3)33-23-17(21(25)29-12-30-23)18(31-33)19-16(20(34-32-19)14-4-5-14)22-27-10-15(11-28-22)13-6-8-26-9-7-13/h10,12-14,26H,4-9H2,1-3H3,(H2,25,29,30)/q+1. The Labute approximate surface area is 196 Å². The fraction of sp³-hybridized carbons (Fsp3) is 0.500. The van der Waals surface area contributed by atoms with E-state index in [4.69, 9.17) is 20.3 Å². The molecule has 3 aliphatic rings. The Hall–Kier alpha value is -3.58. The third-order valence-electron chi connectivity index (χ3n) is 6.64. The van der Waals surface area contributed by atoms with Crippen LogP contribution in [0, 0.1) is 5.92 Å². The van der Waals surface area contributed by atoms with Crippen molar-refractivity contribution in [2.45, 2.75) is 57.9 Å². The number of aliphatic imine (C=N–C) groups is 1. The van der Waals surface area contributed by atoms with Gasteiger partial charge in [0.05, 0.1) is 16.5 Å². The first-order chi connectivity index (χ1) is 16.4. The highest BCUT2D eigenvalue weighted by Crippen LogP contribution is 2.45. The molecule has 3 N–H and O–H groups in total. The summed E-state index contributed by atoms with van der Waals surface area (Å²) < 4.78 is 12.4. The average Bonchev–Trinajstić information content (AvgIpc) is 3.45. The molecule has 10 heteroatoms. The molecule has 2 fully saturated rings. The smallest absolute Gasteiger partial charge is 0.383 e. The number of nitrogens with two attached hydrogens (primary N) is 1. The molecule has 0 aromatic carbocycles. The van der Waals surface area contributed by atoms with E-state index in [9.17, 15) is 0 Å². The zero-order valence-corrected chi connectivity index (χ0v) is 19.7. The van der Waals surface area contributed by atoms with Crippen LogP contribution in [0.4, 0.5) is 5.82 Å². The second-order valence-corrected chi connectivity index (χ2v) is 10.2. The highest BCUT2D eigenvalue weighted by atomic mass is 16.5. The summed E-state index contributed by atoms with van der Waals surface area (Å²) in [5, 5.41) is 13.4. The van der Waals surface area contributed by atoms with Crippen molar-refractivity contribution in [3.05, 3.63) is 23.2 Å². The normalized spacial score (nSPS) is 19.0. The predicted octanol–water partition coefficient (Wildman–Crippen LogP) is 2.19. The minimum absolute atomic E-state index is 0.313. The van der Waals surface area contributed by atoms with Gasteiger partial charge in [-0.25, -0.2) is 14.6 Å². The minimum atomic E-state index is -0.318. The van der Waals surface area contributed by atoms with Gasteiger partial charge in [0.15, 0.2) is 34.7 Å². The summed E-state index contributed by atoms with van der Waals surface area (Å²) in [7, 11) is 0. The van der Waals surface area contributed by atoms with Crippen LogP contribution in [0.2, 0.25) is 0 Å². The zero-order valence-electron chi connectivity index (χ0n) is 19.7. The van der Waals surface area contributed by atoms with Gasteiger partial charge in [-0.3, -0.25) is 0 Å². The summed E-state index contributed by atoms with van der Waals surface area (Å²) in [6.45, 7) is 8.22. The Morgan fingerprint density at radius 2 is 1.91 bits per heavy atom. The van der Waals surface area contributed by atoms with Crippen LogP contribution < -0.4 is 15.7 Å². The first-order valence-electron chi connectivity index (χ1n) is 11.9. The van der Waals surface area contributed by atoms with Gasteiger partial charge in [0.25, 0.3) is 0 Å². The molecular formula is C24H28N9O+. The number of nitrogen functional groups attached to an aromatic ring is 1. The van der Waals surface area contributed by atoms with Gasteiger partial charge < -0.3 is 15.6 Å². The molecule has 0 amide bonds. The lowest BCUT2D eigenvalue weighted by Crippen LogP contribution is -2.29. The molecule has 1 aliphatic carbocycles. The molecule has 0 unspecified atom stereocenters. The second kappa shape index (κ2) is 7.74. The summed E-state index contributed by atoms with van der Waals surface area (Å²) in [5.74, 6) is 5.70. The molecule has 10 nitrogen and oxygen atoms in total. The molecule has 174 valence electrons. The van der Waals surface area contributed by atoms with Gasteiger partial charge in [0.1, 0.15) is 17.8 Å². The number of nitrogens with one attached hydrogen (secondary N) is 1. The van der Waals surface area contributed by atoms with Gasteiger partial charge in [-0.1, -0.05) is 5.16 Å². The van der Waals surface area contributed by atoms with E-state index in [-0.39, 0.29) is 5.54 Å². The van der Waals surface area contributed by atoms with Crippen molar-refractivity contribution in [3.63, 3.8) is 0 Å². The van der Waals surface area contributed by atoms with Crippen LogP contribution >= 0.6 is 0 Å². The van der Waals surface area contributed by atoms with E-state index in [1.165, 1.54) is 6.33 Å². The highest BCUT2D eigenvalue weighted by Gasteiger charge is 2.40. The molecular weight excluding hydrogens is 430 g/mol. The van der Waals surface area contributed by atoms with Crippen molar-refractivity contribution in [2.24, 2.45) is 10.9 Å². The molecule has 3 aromatic heterocycles. The summed E-state index contributed by atoms with van der Waals surface area (Å²) in [6.07, 6.45) is 7.61. The van der Waals surface area contributed by atoms with Gasteiger partial charge in [0, 0.05) is 11.8 Å². The van der Waals surface area contributed by atoms with E-state index in [0.29, 0.717) is 45.9 Å². The van der Waals surface area contributed by atoms with Gasteiger partial charge in [0.2, 0.25) is 0 Å². The largest absolute Gasteiger partial charge is 0.439 e. The highest BCUT2D eigenvalue weighted by molar-refractivity contribution is 6.14. The first kappa shape index (κ1) is 21.0. The number of anilines is 1. The number of nitrogens with zero attached hydrogens (tertiary/aromatic N) is 7. The molecule has 0 radical (unpaired) electrons. The number of allylic oxidation sites excluding steroid dienone is 1. The molecule has 3 aromatic rings. The summed E-state index contributed by atoms with van der Waals surface area (Å²) in [4.78, 5) is 13.5. The topological polar surface area (TPSA) is 134 Å². The number of rotatable bonds is 4. The van der Waals surface area contributed by atoms with Crippen LogP contribution in [0.5, 0.6) is 0 Å². The van der Waals surface area contributed by atoms with Crippen molar-refractivity contribution in [2.75, 3.05) is 18.8 Å². The molecule has 0 spiro atoms. The maximum atomic E-state index is 6.32. The Morgan fingerprint density at radius 3 is 2.59 bits per heavy atom. The predicted molar refractivity (Wildman–Crippen MR) is 131 cm³/mol.